The number of nitrogens with zero attached hydrogens (tertiary/aromatic N) is 3. The van der Waals surface area contributed by atoms with Crippen LogP contribution in [0, 0.1) is 13.8 Å². The van der Waals surface area contributed by atoms with Gasteiger partial charge in [-0.25, -0.2) is 4.98 Å². The van der Waals surface area contributed by atoms with Gasteiger partial charge in [0, 0.05) is 16.7 Å². The molecule has 7 nitrogen and oxygen atoms in total. The molecule has 2 aromatic carbocycles. The number of benzene rings is 2. The van der Waals surface area contributed by atoms with E-state index in [2.05, 4.69) is 40.7 Å². The lowest BCUT2D eigenvalue weighted by atomic mass is 9.92. The largest absolute Gasteiger partial charge is 0.385 e. The van der Waals surface area contributed by atoms with Gasteiger partial charge < -0.3 is 4.18 Å². The van der Waals surface area contributed by atoms with E-state index in [1.54, 1.807) is 16.8 Å². The average molecular weight is 458 g/mol. The molecule has 31 heavy (non-hydrogen) atoms. The van der Waals surface area contributed by atoms with Crippen molar-refractivity contribution < 1.29 is 8.39 Å². The van der Waals surface area contributed by atoms with Crippen molar-refractivity contribution >= 4 is 34.2 Å². The molecule has 0 fully saturated rings. The molecule has 4 aromatic rings. The molecule has 0 amide bonds. The van der Waals surface area contributed by atoms with Crippen LogP contribution in [0.4, 0.5) is 5.69 Å². The molecule has 2 N–H and O–H groups in total. The Hall–Kier alpha value is -2.84. The number of fused-ring (bicyclic) bond motifs is 1. The Morgan fingerprint density at radius 1 is 1.13 bits per heavy atom. The van der Waals surface area contributed by atoms with E-state index in [0.29, 0.717) is 27.9 Å². The summed E-state index contributed by atoms with van der Waals surface area (Å²) in [4.78, 5) is 4.56. The molecular weight excluding hydrogens is 434 g/mol. The minimum Gasteiger partial charge on any atom is -0.385 e. The second-order valence-corrected chi connectivity index (χ2v) is 9.71. The Balaban J connectivity index is 1.49. The average Bonchev–Trinajstić information content (AvgIpc) is 3.25. The molecule has 0 bridgehead atoms. The lowest BCUT2D eigenvalue weighted by Gasteiger charge is -2.16. The maximum Gasteiger partial charge on any atom is 0.316 e. The Labute approximate surface area is 188 Å². The molecule has 1 atom stereocenters. The first-order valence-corrected chi connectivity index (χ1v) is 11.3. The molecule has 2 heterocycles. The van der Waals surface area contributed by atoms with E-state index in [1.165, 1.54) is 0 Å². The zero-order chi connectivity index (χ0) is 22.3. The second-order valence-electron chi connectivity index (χ2n) is 8.49. The molecule has 9 heteroatoms. The molecule has 162 valence electrons. The van der Waals surface area contributed by atoms with Gasteiger partial charge in [-0.2, -0.15) is 8.84 Å². The lowest BCUT2D eigenvalue weighted by molar-refractivity contribution is 0.557. The summed E-state index contributed by atoms with van der Waals surface area (Å²) >= 11 is 4.78. The summed E-state index contributed by atoms with van der Waals surface area (Å²) in [5.74, 6) is 1.14. The Morgan fingerprint density at radius 3 is 2.48 bits per heavy atom. The number of halogens is 1. The van der Waals surface area contributed by atoms with E-state index in [4.69, 9.17) is 15.8 Å². The van der Waals surface area contributed by atoms with Crippen LogP contribution in [0.2, 0.25) is 5.02 Å². The number of rotatable bonds is 5. The van der Waals surface area contributed by atoms with E-state index in [-0.39, 0.29) is 5.41 Å². The Kier molecular flexibility index (Phi) is 5.53. The van der Waals surface area contributed by atoms with E-state index in [9.17, 15) is 4.21 Å². The van der Waals surface area contributed by atoms with Gasteiger partial charge in [-0.05, 0) is 55.3 Å². The van der Waals surface area contributed by atoms with Crippen molar-refractivity contribution in [3.05, 3.63) is 64.3 Å². The summed E-state index contributed by atoms with van der Waals surface area (Å²) in [6.45, 7) is 10.1. The first-order valence-electron chi connectivity index (χ1n) is 9.81. The highest BCUT2D eigenvalue weighted by Gasteiger charge is 2.24. The van der Waals surface area contributed by atoms with Gasteiger partial charge in [0.25, 0.3) is 0 Å². The minimum atomic E-state index is -1.72. The molecule has 0 saturated heterocycles. The van der Waals surface area contributed by atoms with Gasteiger partial charge >= 0.3 is 11.3 Å². The fraction of sp³-hybridized carbons (Fsp3) is 0.273. The zero-order valence-corrected chi connectivity index (χ0v) is 19.6. The molecule has 0 aliphatic rings. The lowest BCUT2D eigenvalue weighted by Crippen LogP contribution is -2.13. The van der Waals surface area contributed by atoms with Gasteiger partial charge in [0.15, 0.2) is 11.5 Å². The molecule has 1 unspecified atom stereocenters. The van der Waals surface area contributed by atoms with Crippen LogP contribution >= 0.6 is 11.6 Å². The summed E-state index contributed by atoms with van der Waals surface area (Å²) in [6.07, 6.45) is 0. The van der Waals surface area contributed by atoms with Gasteiger partial charge in [-0.15, -0.1) is 5.10 Å². The summed E-state index contributed by atoms with van der Waals surface area (Å²) in [6, 6.07) is 13.1. The van der Waals surface area contributed by atoms with Crippen molar-refractivity contribution in [2.24, 2.45) is 0 Å². The number of hydrogen-bond donors (Lipinski definition) is 2. The predicted molar refractivity (Wildman–Crippen MR) is 125 cm³/mol. The zero-order valence-electron chi connectivity index (χ0n) is 18.0. The SMILES string of the molecule is Cc1ccc(C)c(OS(=O)Nc2ccc(-c3nc4c(Cl)c(C(C)(C)C)[nH]n4n3)cc2)c1. The highest BCUT2D eigenvalue weighted by Crippen LogP contribution is 2.32. The number of H-pyrrole nitrogens is 1. The summed E-state index contributed by atoms with van der Waals surface area (Å²) in [5.41, 5.74) is 4.78. The summed E-state index contributed by atoms with van der Waals surface area (Å²) in [7, 11) is 0. The van der Waals surface area contributed by atoms with Gasteiger partial charge in [0.1, 0.15) is 10.8 Å². The third-order valence-corrected chi connectivity index (χ3v) is 5.94. The maximum absolute atomic E-state index is 12.4. The number of nitrogens with one attached hydrogen (secondary N) is 2. The van der Waals surface area contributed by atoms with Crippen LogP contribution < -0.4 is 8.91 Å². The molecule has 0 spiro atoms. The quantitative estimate of drug-likeness (QED) is 0.422. The monoisotopic (exact) mass is 457 g/mol. The molecule has 0 aliphatic heterocycles. The number of hydrogen-bond acceptors (Lipinski definition) is 4. The topological polar surface area (TPSA) is 84.3 Å². The van der Waals surface area contributed by atoms with Crippen molar-refractivity contribution in [2.75, 3.05) is 4.72 Å². The fourth-order valence-corrected chi connectivity index (χ4v) is 4.26. The molecule has 4 rings (SSSR count). The highest BCUT2D eigenvalue weighted by molar-refractivity contribution is 7.81. The Morgan fingerprint density at radius 2 is 1.84 bits per heavy atom. The molecular formula is C22H24ClN5O2S. The third-order valence-electron chi connectivity index (χ3n) is 4.84. The summed E-state index contributed by atoms with van der Waals surface area (Å²) < 4.78 is 22.3. The third kappa shape index (κ3) is 4.45. The van der Waals surface area contributed by atoms with Crippen molar-refractivity contribution in [2.45, 2.75) is 40.0 Å². The standard InChI is InChI=1S/C22H24ClN5O2S/c1-13-6-7-14(2)17(12-13)30-31(29)27-16-10-8-15(9-11-16)20-24-21-18(23)19(22(3,4)5)25-28(21)26-20/h6-12,25,27H,1-5H3. The molecule has 0 saturated carbocycles. The van der Waals surface area contributed by atoms with Crippen LogP contribution in [0.3, 0.4) is 0 Å². The van der Waals surface area contributed by atoms with Gasteiger partial charge in [0.05, 0.1) is 5.69 Å². The van der Waals surface area contributed by atoms with Gasteiger partial charge in [-0.1, -0.05) is 44.5 Å². The predicted octanol–water partition coefficient (Wildman–Crippen LogP) is 5.36. The minimum absolute atomic E-state index is 0.137. The van der Waals surface area contributed by atoms with Crippen molar-refractivity contribution in [1.82, 2.24) is 19.8 Å². The molecule has 0 radical (unpaired) electrons. The van der Waals surface area contributed by atoms with Gasteiger partial charge in [0.2, 0.25) is 0 Å². The summed E-state index contributed by atoms with van der Waals surface area (Å²) in [5, 5.41) is 8.28. The number of anilines is 1. The van der Waals surface area contributed by atoms with Crippen molar-refractivity contribution in [3.63, 3.8) is 0 Å². The number of aromatic nitrogens is 4. The first kappa shape index (κ1) is 21.4. The van der Waals surface area contributed by atoms with Crippen LogP contribution in [-0.4, -0.2) is 24.0 Å². The van der Waals surface area contributed by atoms with Crippen molar-refractivity contribution in [3.8, 4) is 17.1 Å². The first-order chi connectivity index (χ1) is 14.6. The highest BCUT2D eigenvalue weighted by atomic mass is 35.5. The van der Waals surface area contributed by atoms with Gasteiger partial charge in [-0.3, -0.25) is 9.82 Å². The normalized spacial score (nSPS) is 12.8. The fourth-order valence-electron chi connectivity index (χ4n) is 3.10. The van der Waals surface area contributed by atoms with Crippen LogP contribution in [-0.2, 0) is 16.7 Å². The maximum atomic E-state index is 12.4. The number of aromatic amines is 1. The van der Waals surface area contributed by atoms with Crippen molar-refractivity contribution in [1.29, 1.82) is 0 Å². The van der Waals surface area contributed by atoms with Crippen LogP contribution in [0.15, 0.2) is 42.5 Å². The van der Waals surface area contributed by atoms with E-state index in [1.807, 2.05) is 44.2 Å². The smallest absolute Gasteiger partial charge is 0.316 e. The van der Waals surface area contributed by atoms with Crippen LogP contribution in [0.5, 0.6) is 5.75 Å². The van der Waals surface area contributed by atoms with E-state index < -0.39 is 11.3 Å². The van der Waals surface area contributed by atoms with Crippen LogP contribution in [0.25, 0.3) is 17.0 Å². The second kappa shape index (κ2) is 8.01. The van der Waals surface area contributed by atoms with E-state index in [0.717, 1.165) is 22.4 Å². The number of aryl methyl sites for hydroxylation is 2. The Bertz CT molecular complexity index is 1270. The molecule has 0 aliphatic carbocycles. The molecule has 2 aromatic heterocycles. The van der Waals surface area contributed by atoms with Crippen LogP contribution in [0.1, 0.15) is 37.6 Å². The van der Waals surface area contributed by atoms with E-state index >= 15 is 0 Å².